The third-order valence-electron chi connectivity index (χ3n) is 4.62. The number of carbonyl (C=O) groups excluding carboxylic acids is 1. The van der Waals surface area contributed by atoms with Gasteiger partial charge in [-0.1, -0.05) is 6.07 Å². The summed E-state index contributed by atoms with van der Waals surface area (Å²) in [5, 5.41) is 11.1. The highest BCUT2D eigenvalue weighted by Gasteiger charge is 2.50. The van der Waals surface area contributed by atoms with Gasteiger partial charge < -0.3 is 14.6 Å². The molecule has 7 heteroatoms. The van der Waals surface area contributed by atoms with Crippen molar-refractivity contribution in [2.45, 2.75) is 56.9 Å². The molecule has 1 N–H and O–H groups in total. The molecular formula is C18H23F2NO4. The Morgan fingerprint density at radius 1 is 1.24 bits per heavy atom. The first kappa shape index (κ1) is 18.1. The predicted molar refractivity (Wildman–Crippen MR) is 86.0 cm³/mol. The average molecular weight is 355 g/mol. The lowest BCUT2D eigenvalue weighted by molar-refractivity contribution is -0.141. The molecule has 2 unspecified atom stereocenters. The third kappa shape index (κ3) is 3.62. The maximum absolute atomic E-state index is 13.6. The Kier molecular flexibility index (Phi) is 4.49. The number of morpholine rings is 1. The summed E-state index contributed by atoms with van der Waals surface area (Å²) < 4.78 is 37.8. The number of amides is 1. The zero-order valence-corrected chi connectivity index (χ0v) is 14.6. The summed E-state index contributed by atoms with van der Waals surface area (Å²) in [5.41, 5.74) is -1.65. The minimum absolute atomic E-state index is 0.174. The molecule has 1 aromatic carbocycles. The van der Waals surface area contributed by atoms with E-state index in [1.165, 1.54) is 6.07 Å². The van der Waals surface area contributed by atoms with Crippen molar-refractivity contribution >= 4 is 6.09 Å². The highest BCUT2D eigenvalue weighted by Crippen LogP contribution is 2.41. The normalized spacial score (nSPS) is 29.4. The van der Waals surface area contributed by atoms with E-state index in [2.05, 4.69) is 0 Å². The summed E-state index contributed by atoms with van der Waals surface area (Å²) in [6, 6.07) is 2.64. The lowest BCUT2D eigenvalue weighted by Gasteiger charge is -2.51. The van der Waals surface area contributed by atoms with Crippen LogP contribution in [0.4, 0.5) is 13.6 Å². The number of hydrogen-bond donors (Lipinski definition) is 1. The van der Waals surface area contributed by atoms with Crippen molar-refractivity contribution in [3.8, 4) is 0 Å². The third-order valence-corrected chi connectivity index (χ3v) is 4.62. The van der Waals surface area contributed by atoms with Gasteiger partial charge >= 0.3 is 6.09 Å². The van der Waals surface area contributed by atoms with E-state index in [1.807, 2.05) is 0 Å². The highest BCUT2D eigenvalue weighted by molar-refractivity contribution is 5.69. The largest absolute Gasteiger partial charge is 0.444 e. The van der Waals surface area contributed by atoms with Crippen LogP contribution in [0, 0.1) is 11.6 Å². The van der Waals surface area contributed by atoms with Crippen molar-refractivity contribution in [1.82, 2.24) is 4.90 Å². The number of hydrogen-bond acceptors (Lipinski definition) is 4. The van der Waals surface area contributed by atoms with E-state index in [-0.39, 0.29) is 38.1 Å². The van der Waals surface area contributed by atoms with Gasteiger partial charge in [0.2, 0.25) is 0 Å². The number of ether oxygens (including phenoxy) is 2. The number of rotatable bonds is 1. The Bertz CT molecular complexity index is 660. The second-order valence-corrected chi connectivity index (χ2v) is 7.80. The minimum atomic E-state index is -1.34. The lowest BCUT2D eigenvalue weighted by atomic mass is 9.77. The molecule has 2 aliphatic heterocycles. The summed E-state index contributed by atoms with van der Waals surface area (Å²) in [4.78, 5) is 14.1. The Morgan fingerprint density at radius 3 is 2.36 bits per heavy atom. The first-order valence-electron chi connectivity index (χ1n) is 8.36. The molecule has 3 rings (SSSR count). The van der Waals surface area contributed by atoms with Crippen molar-refractivity contribution in [2.75, 3.05) is 13.2 Å². The Morgan fingerprint density at radius 2 is 1.84 bits per heavy atom. The van der Waals surface area contributed by atoms with E-state index < -0.39 is 28.9 Å². The summed E-state index contributed by atoms with van der Waals surface area (Å²) >= 11 is 0. The van der Waals surface area contributed by atoms with Crippen LogP contribution in [0.5, 0.6) is 0 Å². The second-order valence-electron chi connectivity index (χ2n) is 7.80. The van der Waals surface area contributed by atoms with E-state index in [0.29, 0.717) is 5.56 Å². The first-order valence-corrected chi connectivity index (χ1v) is 8.36. The maximum atomic E-state index is 13.6. The molecule has 0 aromatic heterocycles. The van der Waals surface area contributed by atoms with Gasteiger partial charge in [0, 0.05) is 12.8 Å². The van der Waals surface area contributed by atoms with Gasteiger partial charge in [-0.3, -0.25) is 4.90 Å². The van der Waals surface area contributed by atoms with E-state index in [4.69, 9.17) is 9.47 Å². The Balaban J connectivity index is 1.85. The lowest BCUT2D eigenvalue weighted by Crippen LogP contribution is -2.63. The van der Waals surface area contributed by atoms with E-state index in [0.717, 1.165) is 12.1 Å². The van der Waals surface area contributed by atoms with Gasteiger partial charge in [0.1, 0.15) is 5.60 Å². The van der Waals surface area contributed by atoms with Gasteiger partial charge in [-0.15, -0.1) is 0 Å². The van der Waals surface area contributed by atoms with Crippen LogP contribution in [0.25, 0.3) is 0 Å². The molecule has 138 valence electrons. The summed E-state index contributed by atoms with van der Waals surface area (Å²) in [5.74, 6) is -1.95. The van der Waals surface area contributed by atoms with Crippen LogP contribution in [0.2, 0.25) is 0 Å². The molecule has 0 saturated carbocycles. The summed E-state index contributed by atoms with van der Waals surface area (Å²) in [6.45, 7) is 5.90. The monoisotopic (exact) mass is 355 g/mol. The molecule has 2 fully saturated rings. The standard InChI is InChI=1S/C18H23F2NO4/c1-17(2,3)25-16(22)21-12-7-18(23,8-13(21)10-24-9-12)11-4-5-14(19)15(20)6-11/h4-6,12-13,23H,7-10H2,1-3H3. The molecule has 25 heavy (non-hydrogen) atoms. The van der Waals surface area contributed by atoms with Gasteiger partial charge in [0.05, 0.1) is 30.9 Å². The van der Waals surface area contributed by atoms with Gasteiger partial charge in [0.15, 0.2) is 11.6 Å². The van der Waals surface area contributed by atoms with Gasteiger partial charge in [-0.2, -0.15) is 0 Å². The van der Waals surface area contributed by atoms with Crippen molar-refractivity contribution in [2.24, 2.45) is 0 Å². The van der Waals surface area contributed by atoms with E-state index >= 15 is 0 Å². The first-order chi connectivity index (χ1) is 11.6. The predicted octanol–water partition coefficient (Wildman–Crippen LogP) is 2.95. The van der Waals surface area contributed by atoms with Gasteiger partial charge in [-0.25, -0.2) is 13.6 Å². The molecular weight excluding hydrogens is 332 g/mol. The molecule has 2 heterocycles. The van der Waals surface area contributed by atoms with Gasteiger partial charge in [0.25, 0.3) is 0 Å². The number of nitrogens with zero attached hydrogens (tertiary/aromatic N) is 1. The van der Waals surface area contributed by atoms with Crippen LogP contribution in [0.1, 0.15) is 39.2 Å². The number of fused-ring (bicyclic) bond motifs is 2. The van der Waals surface area contributed by atoms with Crippen LogP contribution in [0.15, 0.2) is 18.2 Å². The summed E-state index contributed by atoms with van der Waals surface area (Å²) in [6.07, 6.45) is -0.0973. The fraction of sp³-hybridized carbons (Fsp3) is 0.611. The topological polar surface area (TPSA) is 59.0 Å². The van der Waals surface area contributed by atoms with Crippen LogP contribution in [-0.4, -0.2) is 47.0 Å². The SMILES string of the molecule is CC(C)(C)OC(=O)N1C2COCC1CC(O)(c1ccc(F)c(F)c1)C2. The molecule has 2 atom stereocenters. The number of halogens is 2. The fourth-order valence-electron chi connectivity index (χ4n) is 3.61. The van der Waals surface area contributed by atoms with E-state index in [9.17, 15) is 18.7 Å². The molecule has 1 aromatic rings. The van der Waals surface area contributed by atoms with Crippen molar-refractivity contribution < 1.29 is 28.2 Å². The Labute approximate surface area is 145 Å². The Hall–Kier alpha value is -1.73. The molecule has 0 spiro atoms. The molecule has 0 radical (unpaired) electrons. The number of benzene rings is 1. The van der Waals surface area contributed by atoms with Crippen LogP contribution >= 0.6 is 0 Å². The zero-order valence-electron chi connectivity index (χ0n) is 14.6. The van der Waals surface area contributed by atoms with Crippen LogP contribution < -0.4 is 0 Å². The fourth-order valence-corrected chi connectivity index (χ4v) is 3.61. The highest BCUT2D eigenvalue weighted by atomic mass is 19.2. The zero-order chi connectivity index (χ0) is 18.4. The molecule has 2 saturated heterocycles. The quantitative estimate of drug-likeness (QED) is 0.841. The van der Waals surface area contributed by atoms with Crippen LogP contribution in [-0.2, 0) is 15.1 Å². The minimum Gasteiger partial charge on any atom is -0.444 e. The second kappa shape index (κ2) is 6.21. The van der Waals surface area contributed by atoms with Crippen molar-refractivity contribution in [1.29, 1.82) is 0 Å². The van der Waals surface area contributed by atoms with Crippen molar-refractivity contribution in [3.05, 3.63) is 35.4 Å². The number of piperidine rings is 1. The molecule has 2 aliphatic rings. The maximum Gasteiger partial charge on any atom is 0.410 e. The number of aliphatic hydroxyl groups is 1. The summed E-state index contributed by atoms with van der Waals surface area (Å²) in [7, 11) is 0. The van der Waals surface area contributed by atoms with Crippen LogP contribution in [0.3, 0.4) is 0 Å². The van der Waals surface area contributed by atoms with E-state index in [1.54, 1.807) is 25.7 Å². The number of carbonyl (C=O) groups is 1. The van der Waals surface area contributed by atoms with Crippen molar-refractivity contribution in [3.63, 3.8) is 0 Å². The van der Waals surface area contributed by atoms with Gasteiger partial charge in [-0.05, 0) is 38.5 Å². The molecule has 1 amide bonds. The smallest absolute Gasteiger partial charge is 0.410 e. The molecule has 2 bridgehead atoms. The average Bonchev–Trinajstić information content (AvgIpc) is 2.47. The molecule has 5 nitrogen and oxygen atoms in total. The molecule has 0 aliphatic carbocycles.